The molecule has 10 nitrogen and oxygen atoms in total. The van der Waals surface area contributed by atoms with E-state index < -0.39 is 29.8 Å². The van der Waals surface area contributed by atoms with Crippen molar-refractivity contribution in [3.8, 4) is 0 Å². The number of carbonyl (C=O) groups is 3. The molecule has 2 N–H and O–H groups in total. The summed E-state index contributed by atoms with van der Waals surface area (Å²) in [5, 5.41) is 20.5. The molecular formula is C22H27N5O5. The van der Waals surface area contributed by atoms with E-state index in [1.807, 2.05) is 43.3 Å². The van der Waals surface area contributed by atoms with Crippen LogP contribution < -0.4 is 5.32 Å². The van der Waals surface area contributed by atoms with Gasteiger partial charge in [0.15, 0.2) is 0 Å². The minimum Gasteiger partial charge on any atom is -0.466 e. The third-order valence-electron chi connectivity index (χ3n) is 6.27. The van der Waals surface area contributed by atoms with E-state index in [4.69, 9.17) is 4.74 Å². The SMILES string of the molecule is CCOC(=O)[C@H]1[C@@H]2C(=O)N(CCO)[C@H](C(=O)NCn3nnc4ccccc43)[C@H]2C=C[C@H]1C. The van der Waals surface area contributed by atoms with Crippen LogP contribution in [0.1, 0.15) is 13.8 Å². The number of hydrogen-bond donors (Lipinski definition) is 2. The number of allylic oxidation sites excluding steroid dienone is 1. The summed E-state index contributed by atoms with van der Waals surface area (Å²) in [5.74, 6) is -3.19. The number of aliphatic hydroxyl groups excluding tert-OH is 1. The quantitative estimate of drug-likeness (QED) is 0.468. The van der Waals surface area contributed by atoms with E-state index in [-0.39, 0.29) is 44.2 Å². The van der Waals surface area contributed by atoms with Gasteiger partial charge in [-0.1, -0.05) is 36.4 Å². The predicted octanol–water partition coefficient (Wildman–Crippen LogP) is 0.326. The van der Waals surface area contributed by atoms with Crippen molar-refractivity contribution in [1.29, 1.82) is 0 Å². The van der Waals surface area contributed by atoms with Gasteiger partial charge < -0.3 is 20.1 Å². The van der Waals surface area contributed by atoms with E-state index in [9.17, 15) is 19.5 Å². The number of aromatic nitrogens is 3. The van der Waals surface area contributed by atoms with Gasteiger partial charge in [-0.05, 0) is 25.0 Å². The second-order valence-corrected chi connectivity index (χ2v) is 8.10. The lowest BCUT2D eigenvalue weighted by Crippen LogP contribution is -2.48. The van der Waals surface area contributed by atoms with Crippen LogP contribution in [-0.4, -0.2) is 68.6 Å². The van der Waals surface area contributed by atoms with Crippen molar-refractivity contribution in [2.24, 2.45) is 23.7 Å². The van der Waals surface area contributed by atoms with Crippen LogP contribution in [0, 0.1) is 23.7 Å². The summed E-state index contributed by atoms with van der Waals surface area (Å²) in [6, 6.07) is 6.55. The van der Waals surface area contributed by atoms with Crippen LogP contribution in [0.4, 0.5) is 0 Å². The predicted molar refractivity (Wildman–Crippen MR) is 114 cm³/mol. The Morgan fingerprint density at radius 2 is 2.03 bits per heavy atom. The van der Waals surface area contributed by atoms with E-state index >= 15 is 0 Å². The van der Waals surface area contributed by atoms with Gasteiger partial charge in [0.2, 0.25) is 11.8 Å². The molecule has 2 amide bonds. The Labute approximate surface area is 185 Å². The second-order valence-electron chi connectivity index (χ2n) is 8.10. The topological polar surface area (TPSA) is 127 Å². The van der Waals surface area contributed by atoms with Gasteiger partial charge in [-0.25, -0.2) is 4.68 Å². The summed E-state index contributed by atoms with van der Waals surface area (Å²) in [6.45, 7) is 3.60. The average molecular weight is 441 g/mol. The first-order valence-electron chi connectivity index (χ1n) is 10.8. The number of nitrogens with zero attached hydrogens (tertiary/aromatic N) is 4. The van der Waals surface area contributed by atoms with Gasteiger partial charge in [-0.2, -0.15) is 0 Å². The van der Waals surface area contributed by atoms with Crippen molar-refractivity contribution < 1.29 is 24.2 Å². The number of esters is 1. The van der Waals surface area contributed by atoms with Crippen LogP contribution in [0.3, 0.4) is 0 Å². The van der Waals surface area contributed by atoms with Gasteiger partial charge in [0.1, 0.15) is 18.2 Å². The standard InChI is InChI=1S/C22H27N5O5/c1-3-32-22(31)17-13(2)8-9-14-18(17)21(30)26(10-11-28)19(14)20(29)23-12-27-16-7-5-4-6-15(16)24-25-27/h4-9,13-14,17-19,28H,3,10-12H2,1-2H3,(H,23,29)/t13-,14+,17-,18-,19+/m1/s1. The molecule has 170 valence electrons. The highest BCUT2D eigenvalue weighted by Crippen LogP contribution is 2.44. The molecule has 0 saturated carbocycles. The molecule has 2 aromatic rings. The van der Waals surface area contributed by atoms with Crippen molar-refractivity contribution >= 4 is 28.8 Å². The highest BCUT2D eigenvalue weighted by molar-refractivity contribution is 5.96. The number of nitrogens with one attached hydrogen (secondary N) is 1. The fourth-order valence-electron chi connectivity index (χ4n) is 4.83. The maximum absolute atomic E-state index is 13.3. The molecule has 2 heterocycles. The van der Waals surface area contributed by atoms with Crippen molar-refractivity contribution in [2.45, 2.75) is 26.6 Å². The van der Waals surface area contributed by atoms with Gasteiger partial charge in [-0.3, -0.25) is 14.4 Å². The Balaban J connectivity index is 1.58. The zero-order valence-corrected chi connectivity index (χ0v) is 18.0. The van der Waals surface area contributed by atoms with Crippen molar-refractivity contribution in [3.05, 3.63) is 36.4 Å². The number of carbonyl (C=O) groups excluding carboxylic acids is 3. The maximum atomic E-state index is 13.3. The summed E-state index contributed by atoms with van der Waals surface area (Å²) < 4.78 is 6.79. The van der Waals surface area contributed by atoms with Crippen LogP contribution in [-0.2, 0) is 25.8 Å². The Morgan fingerprint density at radius 3 is 2.78 bits per heavy atom. The zero-order valence-electron chi connectivity index (χ0n) is 18.0. The lowest BCUT2D eigenvalue weighted by Gasteiger charge is -2.32. The zero-order chi connectivity index (χ0) is 22.8. The summed E-state index contributed by atoms with van der Waals surface area (Å²) in [6.07, 6.45) is 3.71. The van der Waals surface area contributed by atoms with E-state index in [1.54, 1.807) is 11.6 Å². The summed E-state index contributed by atoms with van der Waals surface area (Å²) in [7, 11) is 0. The molecule has 0 unspecified atom stereocenters. The number of para-hydroxylation sites is 1. The first kappa shape index (κ1) is 21.9. The lowest BCUT2D eigenvalue weighted by molar-refractivity contribution is -0.155. The number of ether oxygens (including phenoxy) is 1. The van der Waals surface area contributed by atoms with Crippen LogP contribution >= 0.6 is 0 Å². The first-order chi connectivity index (χ1) is 15.5. The maximum Gasteiger partial charge on any atom is 0.310 e. The summed E-state index contributed by atoms with van der Waals surface area (Å²) in [5.41, 5.74) is 1.48. The first-order valence-corrected chi connectivity index (χ1v) is 10.8. The smallest absolute Gasteiger partial charge is 0.310 e. The summed E-state index contributed by atoms with van der Waals surface area (Å²) in [4.78, 5) is 40.6. The molecule has 1 saturated heterocycles. The minimum atomic E-state index is -0.838. The molecule has 0 radical (unpaired) electrons. The van der Waals surface area contributed by atoms with Crippen molar-refractivity contribution in [1.82, 2.24) is 25.2 Å². The number of benzene rings is 1. The third-order valence-corrected chi connectivity index (χ3v) is 6.27. The minimum absolute atomic E-state index is 0.00788. The Bertz CT molecular complexity index is 1050. The molecule has 0 bridgehead atoms. The van der Waals surface area contributed by atoms with Crippen molar-refractivity contribution in [2.75, 3.05) is 19.8 Å². The Hall–Kier alpha value is -3.27. The molecule has 4 rings (SSSR count). The number of rotatable bonds is 7. The number of aliphatic hydroxyl groups is 1. The molecule has 2 aliphatic rings. The highest BCUT2D eigenvalue weighted by Gasteiger charge is 2.56. The van der Waals surface area contributed by atoms with E-state index in [0.29, 0.717) is 5.52 Å². The van der Waals surface area contributed by atoms with Gasteiger partial charge in [0, 0.05) is 12.5 Å². The molecule has 5 atom stereocenters. The summed E-state index contributed by atoms with van der Waals surface area (Å²) >= 11 is 0. The highest BCUT2D eigenvalue weighted by atomic mass is 16.5. The number of fused-ring (bicyclic) bond motifs is 2. The lowest BCUT2D eigenvalue weighted by atomic mass is 9.70. The van der Waals surface area contributed by atoms with Crippen LogP contribution in [0.15, 0.2) is 36.4 Å². The molecular weight excluding hydrogens is 414 g/mol. The molecule has 0 spiro atoms. The molecule has 1 aromatic carbocycles. The van der Waals surface area contributed by atoms with E-state index in [0.717, 1.165) is 5.52 Å². The number of likely N-dealkylation sites (tertiary alicyclic amines) is 1. The number of hydrogen-bond acceptors (Lipinski definition) is 7. The Kier molecular flexibility index (Phi) is 6.22. The van der Waals surface area contributed by atoms with Crippen LogP contribution in [0.2, 0.25) is 0 Å². The molecule has 1 aliphatic carbocycles. The fraction of sp³-hybridized carbons (Fsp3) is 0.500. The third kappa shape index (κ3) is 3.75. The van der Waals surface area contributed by atoms with Gasteiger partial charge in [0.25, 0.3) is 0 Å². The largest absolute Gasteiger partial charge is 0.466 e. The monoisotopic (exact) mass is 441 g/mol. The van der Waals surface area contributed by atoms with Crippen LogP contribution in [0.25, 0.3) is 11.0 Å². The number of amides is 2. The van der Waals surface area contributed by atoms with Crippen molar-refractivity contribution in [3.63, 3.8) is 0 Å². The fourth-order valence-corrected chi connectivity index (χ4v) is 4.83. The molecule has 1 aliphatic heterocycles. The normalized spacial score (nSPS) is 26.9. The van der Waals surface area contributed by atoms with E-state index in [2.05, 4.69) is 15.6 Å². The molecule has 10 heteroatoms. The molecule has 32 heavy (non-hydrogen) atoms. The Morgan fingerprint density at radius 1 is 1.25 bits per heavy atom. The van der Waals surface area contributed by atoms with E-state index in [1.165, 1.54) is 4.90 Å². The molecule has 1 fully saturated rings. The van der Waals surface area contributed by atoms with Gasteiger partial charge in [-0.15, -0.1) is 5.10 Å². The molecule has 1 aromatic heterocycles. The van der Waals surface area contributed by atoms with Crippen LogP contribution in [0.5, 0.6) is 0 Å². The second kappa shape index (κ2) is 9.07. The average Bonchev–Trinajstić information content (AvgIpc) is 3.32. The number of β-amino-alcohol motifs (C(OH)–C–C–N with tert-alkyl or cyclic N) is 1. The van der Waals surface area contributed by atoms with Gasteiger partial charge in [0.05, 0.1) is 30.6 Å². The van der Waals surface area contributed by atoms with Gasteiger partial charge >= 0.3 is 5.97 Å².